The first kappa shape index (κ1) is 14.7. The minimum atomic E-state index is -0.731. The summed E-state index contributed by atoms with van der Waals surface area (Å²) in [6.45, 7) is 0. The number of halogens is 1. The molecular weight excluding hydrogens is 294 g/mol. The van der Waals surface area contributed by atoms with Crippen LogP contribution in [0.25, 0.3) is 0 Å². The standard InChI is InChI=1S/C14H12ClN3O3/c15-11-6-8(16)5-10(14(18)20)12(11)21-9-3-1-2-7(4-9)13(17)19/h1-6H,16H2,(H2,17,19)(H2,18,20). The van der Waals surface area contributed by atoms with Gasteiger partial charge in [0.25, 0.3) is 5.91 Å². The topological polar surface area (TPSA) is 121 Å². The fourth-order valence-corrected chi connectivity index (χ4v) is 2.00. The number of carbonyl (C=O) groups is 2. The van der Waals surface area contributed by atoms with Crippen LogP contribution >= 0.6 is 11.6 Å². The van der Waals surface area contributed by atoms with Crippen LogP contribution in [0.3, 0.4) is 0 Å². The van der Waals surface area contributed by atoms with Crippen molar-refractivity contribution >= 4 is 29.1 Å². The Kier molecular flexibility index (Phi) is 4.00. The average molecular weight is 306 g/mol. The van der Waals surface area contributed by atoms with Crippen LogP contribution in [0.1, 0.15) is 20.7 Å². The molecule has 7 heteroatoms. The molecule has 0 saturated heterocycles. The maximum absolute atomic E-state index is 11.4. The van der Waals surface area contributed by atoms with Crippen LogP contribution in [0, 0.1) is 0 Å². The molecule has 0 atom stereocenters. The predicted molar refractivity (Wildman–Crippen MR) is 79.4 cm³/mol. The van der Waals surface area contributed by atoms with Gasteiger partial charge in [0.15, 0.2) is 5.75 Å². The van der Waals surface area contributed by atoms with Gasteiger partial charge in [-0.2, -0.15) is 0 Å². The predicted octanol–water partition coefficient (Wildman–Crippen LogP) is 1.91. The fraction of sp³-hybridized carbons (Fsp3) is 0. The van der Waals surface area contributed by atoms with Crippen LogP contribution in [-0.4, -0.2) is 11.8 Å². The summed E-state index contributed by atoms with van der Waals surface area (Å²) in [5.41, 5.74) is 16.7. The van der Waals surface area contributed by atoms with Crippen LogP contribution in [0.2, 0.25) is 5.02 Å². The van der Waals surface area contributed by atoms with E-state index in [9.17, 15) is 9.59 Å². The molecule has 0 aliphatic heterocycles. The largest absolute Gasteiger partial charge is 0.455 e. The zero-order valence-electron chi connectivity index (χ0n) is 10.8. The maximum atomic E-state index is 11.4. The monoisotopic (exact) mass is 305 g/mol. The molecule has 21 heavy (non-hydrogen) atoms. The highest BCUT2D eigenvalue weighted by atomic mass is 35.5. The van der Waals surface area contributed by atoms with Gasteiger partial charge in [-0.1, -0.05) is 17.7 Å². The van der Waals surface area contributed by atoms with E-state index in [1.807, 2.05) is 0 Å². The van der Waals surface area contributed by atoms with Crippen molar-refractivity contribution in [3.63, 3.8) is 0 Å². The molecule has 0 saturated carbocycles. The number of carbonyl (C=O) groups excluding carboxylic acids is 2. The average Bonchev–Trinajstić information content (AvgIpc) is 2.41. The molecule has 0 heterocycles. The highest BCUT2D eigenvalue weighted by Crippen LogP contribution is 2.35. The molecule has 0 unspecified atom stereocenters. The zero-order chi connectivity index (χ0) is 15.6. The third kappa shape index (κ3) is 3.24. The summed E-state index contributed by atoms with van der Waals surface area (Å²) < 4.78 is 5.55. The van der Waals surface area contributed by atoms with Crippen LogP contribution < -0.4 is 21.9 Å². The normalized spacial score (nSPS) is 10.1. The summed E-state index contributed by atoms with van der Waals surface area (Å²) >= 11 is 6.03. The quantitative estimate of drug-likeness (QED) is 0.747. The summed E-state index contributed by atoms with van der Waals surface area (Å²) in [6, 6.07) is 8.94. The first-order valence-corrected chi connectivity index (χ1v) is 6.23. The number of benzene rings is 2. The van der Waals surface area contributed by atoms with Gasteiger partial charge in [0, 0.05) is 11.3 Å². The molecule has 2 aromatic carbocycles. The summed E-state index contributed by atoms with van der Waals surface area (Å²) in [7, 11) is 0. The minimum absolute atomic E-state index is 0.0458. The Labute approximate surface area is 125 Å². The molecule has 0 fully saturated rings. The van der Waals surface area contributed by atoms with E-state index in [2.05, 4.69) is 0 Å². The molecular formula is C14H12ClN3O3. The lowest BCUT2D eigenvalue weighted by molar-refractivity contribution is 0.0989. The number of primary amides is 2. The second-order valence-electron chi connectivity index (χ2n) is 4.24. The molecule has 0 bridgehead atoms. The summed E-state index contributed by atoms with van der Waals surface area (Å²) in [5, 5.41) is 0.133. The second-order valence-corrected chi connectivity index (χ2v) is 4.65. The van der Waals surface area contributed by atoms with E-state index in [0.29, 0.717) is 5.75 Å². The van der Waals surface area contributed by atoms with Crippen molar-refractivity contribution in [2.45, 2.75) is 0 Å². The van der Waals surface area contributed by atoms with E-state index in [-0.39, 0.29) is 27.6 Å². The first-order chi connectivity index (χ1) is 9.88. The van der Waals surface area contributed by atoms with Crippen molar-refractivity contribution in [1.29, 1.82) is 0 Å². The van der Waals surface area contributed by atoms with Gasteiger partial charge in [0.2, 0.25) is 5.91 Å². The molecule has 2 aromatic rings. The smallest absolute Gasteiger partial charge is 0.252 e. The Hall–Kier alpha value is -2.73. The SMILES string of the molecule is NC(=O)c1cccc(Oc2c(Cl)cc(N)cc2C(N)=O)c1. The van der Waals surface area contributed by atoms with Gasteiger partial charge in [-0.05, 0) is 30.3 Å². The number of hydrogen-bond donors (Lipinski definition) is 3. The highest BCUT2D eigenvalue weighted by molar-refractivity contribution is 6.33. The lowest BCUT2D eigenvalue weighted by Gasteiger charge is -2.12. The lowest BCUT2D eigenvalue weighted by atomic mass is 10.1. The third-order valence-electron chi connectivity index (χ3n) is 2.67. The van der Waals surface area contributed by atoms with E-state index in [1.54, 1.807) is 12.1 Å². The minimum Gasteiger partial charge on any atom is -0.455 e. The summed E-state index contributed by atoms with van der Waals surface area (Å²) in [6.07, 6.45) is 0. The molecule has 0 aliphatic carbocycles. The van der Waals surface area contributed by atoms with Gasteiger partial charge in [0.1, 0.15) is 5.75 Å². The van der Waals surface area contributed by atoms with Gasteiger partial charge in [0.05, 0.1) is 10.6 Å². The molecule has 2 amide bonds. The van der Waals surface area contributed by atoms with Crippen molar-refractivity contribution in [3.05, 3.63) is 52.5 Å². The van der Waals surface area contributed by atoms with Crippen molar-refractivity contribution in [2.75, 3.05) is 5.73 Å². The Morgan fingerprint density at radius 2 is 1.76 bits per heavy atom. The Morgan fingerprint density at radius 3 is 2.38 bits per heavy atom. The number of rotatable bonds is 4. The van der Waals surface area contributed by atoms with E-state index in [1.165, 1.54) is 24.3 Å². The van der Waals surface area contributed by atoms with Crippen molar-refractivity contribution in [1.82, 2.24) is 0 Å². The number of nitrogens with two attached hydrogens (primary N) is 3. The molecule has 108 valence electrons. The summed E-state index contributed by atoms with van der Waals surface area (Å²) in [4.78, 5) is 22.6. The van der Waals surface area contributed by atoms with E-state index >= 15 is 0 Å². The van der Waals surface area contributed by atoms with E-state index in [4.69, 9.17) is 33.5 Å². The van der Waals surface area contributed by atoms with E-state index in [0.717, 1.165) is 0 Å². The van der Waals surface area contributed by atoms with Crippen LogP contribution in [0.4, 0.5) is 5.69 Å². The molecule has 6 N–H and O–H groups in total. The van der Waals surface area contributed by atoms with E-state index < -0.39 is 11.8 Å². The van der Waals surface area contributed by atoms with Crippen LogP contribution in [-0.2, 0) is 0 Å². The van der Waals surface area contributed by atoms with Crippen molar-refractivity contribution < 1.29 is 14.3 Å². The second kappa shape index (κ2) is 5.72. The summed E-state index contributed by atoms with van der Waals surface area (Å²) in [5.74, 6) is -0.968. The lowest BCUT2D eigenvalue weighted by Crippen LogP contribution is -2.13. The molecule has 0 radical (unpaired) electrons. The van der Waals surface area contributed by atoms with Gasteiger partial charge < -0.3 is 21.9 Å². The highest BCUT2D eigenvalue weighted by Gasteiger charge is 2.16. The van der Waals surface area contributed by atoms with Crippen molar-refractivity contribution in [3.8, 4) is 11.5 Å². The van der Waals surface area contributed by atoms with Gasteiger partial charge in [-0.3, -0.25) is 9.59 Å². The molecule has 0 spiro atoms. The number of ether oxygens (including phenoxy) is 1. The molecule has 2 rings (SSSR count). The number of hydrogen-bond acceptors (Lipinski definition) is 4. The van der Waals surface area contributed by atoms with Gasteiger partial charge in [-0.15, -0.1) is 0 Å². The molecule has 0 aromatic heterocycles. The zero-order valence-corrected chi connectivity index (χ0v) is 11.6. The third-order valence-corrected chi connectivity index (χ3v) is 2.95. The number of nitrogen functional groups attached to an aromatic ring is 1. The molecule has 6 nitrogen and oxygen atoms in total. The molecule has 0 aliphatic rings. The number of anilines is 1. The number of amides is 2. The van der Waals surface area contributed by atoms with Crippen LogP contribution in [0.5, 0.6) is 11.5 Å². The van der Waals surface area contributed by atoms with Gasteiger partial charge >= 0.3 is 0 Å². The Morgan fingerprint density at radius 1 is 1.05 bits per heavy atom. The first-order valence-electron chi connectivity index (χ1n) is 5.85. The van der Waals surface area contributed by atoms with Gasteiger partial charge in [-0.25, -0.2) is 0 Å². The van der Waals surface area contributed by atoms with Crippen LogP contribution in [0.15, 0.2) is 36.4 Å². The van der Waals surface area contributed by atoms with Crippen molar-refractivity contribution in [2.24, 2.45) is 11.5 Å². The maximum Gasteiger partial charge on any atom is 0.252 e. The fourth-order valence-electron chi connectivity index (χ4n) is 1.73. The Balaban J connectivity index is 2.46. The Bertz CT molecular complexity index is 731.